The van der Waals surface area contributed by atoms with E-state index in [0.717, 1.165) is 5.56 Å². The van der Waals surface area contributed by atoms with Crippen molar-refractivity contribution in [3.63, 3.8) is 0 Å². The molecule has 0 bridgehead atoms. The van der Waals surface area contributed by atoms with Crippen LogP contribution in [0, 0.1) is 5.82 Å². The molecule has 2 aromatic carbocycles. The Labute approximate surface area is 129 Å². The first-order chi connectivity index (χ1) is 9.86. The minimum atomic E-state index is -0.836. The van der Waals surface area contributed by atoms with Gasteiger partial charge in [-0.15, -0.1) is 0 Å². The summed E-state index contributed by atoms with van der Waals surface area (Å²) in [6.45, 7) is 3.79. The lowest BCUT2D eigenvalue weighted by molar-refractivity contribution is 0.0974. The van der Waals surface area contributed by atoms with Gasteiger partial charge in [0.15, 0.2) is 0 Å². The highest BCUT2D eigenvalue weighted by Gasteiger charge is 2.33. The molecule has 0 heterocycles. The van der Waals surface area contributed by atoms with Crippen LogP contribution in [0.15, 0.2) is 42.5 Å². The summed E-state index contributed by atoms with van der Waals surface area (Å²) in [6, 6.07) is 11.3. The molecule has 0 saturated heterocycles. The molecule has 0 saturated carbocycles. The van der Waals surface area contributed by atoms with E-state index in [1.807, 2.05) is 13.8 Å². The third-order valence-corrected chi connectivity index (χ3v) is 3.99. The summed E-state index contributed by atoms with van der Waals surface area (Å²) in [5.41, 5.74) is 0.823. The standard InChI is InChI=1S/C17H18ClFO2/c1-17(2,11-4-7-13(19)8-5-11)16(20)14-10-12(18)6-9-15(14)21-3/h4-10,16,20H,1-3H3. The lowest BCUT2D eigenvalue weighted by atomic mass is 9.76. The van der Waals surface area contributed by atoms with Crippen molar-refractivity contribution in [3.8, 4) is 5.75 Å². The topological polar surface area (TPSA) is 29.5 Å². The molecule has 0 spiro atoms. The van der Waals surface area contributed by atoms with Crippen LogP contribution in [-0.2, 0) is 5.41 Å². The molecule has 2 nitrogen and oxygen atoms in total. The minimum Gasteiger partial charge on any atom is -0.496 e. The quantitative estimate of drug-likeness (QED) is 0.901. The second-order valence-electron chi connectivity index (χ2n) is 5.52. The van der Waals surface area contributed by atoms with Gasteiger partial charge in [-0.3, -0.25) is 0 Å². The van der Waals surface area contributed by atoms with Crippen LogP contribution in [0.4, 0.5) is 4.39 Å². The van der Waals surface area contributed by atoms with E-state index in [-0.39, 0.29) is 5.82 Å². The summed E-state index contributed by atoms with van der Waals surface area (Å²) in [6.07, 6.45) is -0.836. The van der Waals surface area contributed by atoms with E-state index in [2.05, 4.69) is 0 Å². The highest BCUT2D eigenvalue weighted by atomic mass is 35.5. The number of methoxy groups -OCH3 is 1. The average molecular weight is 309 g/mol. The molecule has 21 heavy (non-hydrogen) atoms. The maximum absolute atomic E-state index is 13.1. The number of halogens is 2. The monoisotopic (exact) mass is 308 g/mol. The fourth-order valence-electron chi connectivity index (χ4n) is 2.34. The Hall–Kier alpha value is -1.58. The Morgan fingerprint density at radius 3 is 2.33 bits per heavy atom. The fraction of sp³-hybridized carbons (Fsp3) is 0.294. The summed E-state index contributed by atoms with van der Waals surface area (Å²) < 4.78 is 18.4. The Balaban J connectivity index is 2.44. The first kappa shape index (κ1) is 15.8. The summed E-state index contributed by atoms with van der Waals surface area (Å²) in [5.74, 6) is 0.270. The van der Waals surface area contributed by atoms with Crippen LogP contribution < -0.4 is 4.74 Å². The molecule has 4 heteroatoms. The van der Waals surface area contributed by atoms with Gasteiger partial charge in [0.25, 0.3) is 0 Å². The largest absolute Gasteiger partial charge is 0.496 e. The number of rotatable bonds is 4. The molecule has 2 rings (SSSR count). The number of hydrogen-bond donors (Lipinski definition) is 1. The first-order valence-corrected chi connectivity index (χ1v) is 7.01. The molecule has 0 aliphatic heterocycles. The van der Waals surface area contributed by atoms with Crippen LogP contribution in [0.5, 0.6) is 5.75 Å². The second-order valence-corrected chi connectivity index (χ2v) is 5.95. The minimum absolute atomic E-state index is 0.302. The van der Waals surface area contributed by atoms with Crippen LogP contribution in [0.3, 0.4) is 0 Å². The molecular weight excluding hydrogens is 291 g/mol. The molecule has 1 N–H and O–H groups in total. The zero-order chi connectivity index (χ0) is 15.6. The molecule has 1 atom stereocenters. The maximum Gasteiger partial charge on any atom is 0.124 e. The van der Waals surface area contributed by atoms with E-state index in [0.29, 0.717) is 16.3 Å². The molecule has 0 aliphatic rings. The van der Waals surface area contributed by atoms with Crippen LogP contribution in [-0.4, -0.2) is 12.2 Å². The average Bonchev–Trinajstić information content (AvgIpc) is 2.46. The number of benzene rings is 2. The van der Waals surface area contributed by atoms with Gasteiger partial charge in [-0.1, -0.05) is 37.6 Å². The zero-order valence-electron chi connectivity index (χ0n) is 12.2. The van der Waals surface area contributed by atoms with Gasteiger partial charge >= 0.3 is 0 Å². The summed E-state index contributed by atoms with van der Waals surface area (Å²) >= 11 is 6.02. The first-order valence-electron chi connectivity index (χ1n) is 6.64. The Morgan fingerprint density at radius 2 is 1.76 bits per heavy atom. The van der Waals surface area contributed by atoms with Gasteiger partial charge in [0.2, 0.25) is 0 Å². The summed E-state index contributed by atoms with van der Waals surface area (Å²) in [4.78, 5) is 0. The maximum atomic E-state index is 13.1. The van der Waals surface area contributed by atoms with Crippen molar-refractivity contribution in [2.24, 2.45) is 0 Å². The van der Waals surface area contributed by atoms with Crippen molar-refractivity contribution in [3.05, 3.63) is 64.4 Å². The van der Waals surface area contributed by atoms with Crippen LogP contribution in [0.2, 0.25) is 5.02 Å². The number of ether oxygens (including phenoxy) is 1. The molecule has 0 aliphatic carbocycles. The van der Waals surface area contributed by atoms with Crippen LogP contribution >= 0.6 is 11.6 Å². The smallest absolute Gasteiger partial charge is 0.124 e. The fourth-order valence-corrected chi connectivity index (χ4v) is 2.53. The van der Waals surface area contributed by atoms with Gasteiger partial charge in [-0.25, -0.2) is 4.39 Å². The van der Waals surface area contributed by atoms with Gasteiger partial charge in [0.05, 0.1) is 13.2 Å². The van der Waals surface area contributed by atoms with E-state index in [1.54, 1.807) is 37.4 Å². The van der Waals surface area contributed by atoms with E-state index in [1.165, 1.54) is 12.1 Å². The lowest BCUT2D eigenvalue weighted by Gasteiger charge is -2.32. The molecule has 0 fully saturated rings. The van der Waals surface area contributed by atoms with E-state index < -0.39 is 11.5 Å². The van der Waals surface area contributed by atoms with Gasteiger partial charge in [0.1, 0.15) is 11.6 Å². The molecular formula is C17H18ClFO2. The molecule has 0 radical (unpaired) electrons. The Kier molecular flexibility index (Phi) is 4.55. The van der Waals surface area contributed by atoms with Gasteiger partial charge < -0.3 is 9.84 Å². The number of hydrogen-bond acceptors (Lipinski definition) is 2. The van der Waals surface area contributed by atoms with E-state index in [4.69, 9.17) is 16.3 Å². The van der Waals surface area contributed by atoms with Crippen molar-refractivity contribution >= 4 is 11.6 Å². The van der Waals surface area contributed by atoms with Gasteiger partial charge in [0, 0.05) is 16.0 Å². The Morgan fingerprint density at radius 1 is 1.14 bits per heavy atom. The van der Waals surface area contributed by atoms with Crippen molar-refractivity contribution in [2.75, 3.05) is 7.11 Å². The molecule has 0 aromatic heterocycles. The number of aliphatic hydroxyl groups excluding tert-OH is 1. The highest BCUT2D eigenvalue weighted by Crippen LogP contribution is 2.41. The second kappa shape index (κ2) is 6.04. The van der Waals surface area contributed by atoms with Crippen molar-refractivity contribution in [1.29, 1.82) is 0 Å². The Bertz CT molecular complexity index is 623. The molecule has 112 valence electrons. The SMILES string of the molecule is COc1ccc(Cl)cc1C(O)C(C)(C)c1ccc(F)cc1. The highest BCUT2D eigenvalue weighted by molar-refractivity contribution is 6.30. The number of aliphatic hydroxyl groups is 1. The van der Waals surface area contributed by atoms with Crippen molar-refractivity contribution < 1.29 is 14.2 Å². The van der Waals surface area contributed by atoms with Gasteiger partial charge in [-0.05, 0) is 35.9 Å². The van der Waals surface area contributed by atoms with E-state index in [9.17, 15) is 9.50 Å². The predicted molar refractivity (Wildman–Crippen MR) is 82.4 cm³/mol. The van der Waals surface area contributed by atoms with Crippen molar-refractivity contribution in [2.45, 2.75) is 25.4 Å². The van der Waals surface area contributed by atoms with Crippen LogP contribution in [0.25, 0.3) is 0 Å². The third-order valence-electron chi connectivity index (χ3n) is 3.76. The molecule has 1 unspecified atom stereocenters. The van der Waals surface area contributed by atoms with Crippen molar-refractivity contribution in [1.82, 2.24) is 0 Å². The normalized spacial score (nSPS) is 13.0. The lowest BCUT2D eigenvalue weighted by Crippen LogP contribution is -2.27. The zero-order valence-corrected chi connectivity index (χ0v) is 13.0. The van der Waals surface area contributed by atoms with E-state index >= 15 is 0 Å². The molecule has 2 aromatic rings. The third kappa shape index (κ3) is 3.20. The summed E-state index contributed by atoms with van der Waals surface area (Å²) in [5, 5.41) is 11.3. The molecule has 0 amide bonds. The summed E-state index contributed by atoms with van der Waals surface area (Å²) in [7, 11) is 1.55. The van der Waals surface area contributed by atoms with Crippen LogP contribution in [0.1, 0.15) is 31.1 Å². The van der Waals surface area contributed by atoms with Gasteiger partial charge in [-0.2, -0.15) is 0 Å². The predicted octanol–water partition coefficient (Wildman–Crippen LogP) is 4.50.